The van der Waals surface area contributed by atoms with Crippen LogP contribution >= 0.6 is 0 Å². The summed E-state index contributed by atoms with van der Waals surface area (Å²) in [5.74, 6) is -0.832. The molecule has 1 saturated carbocycles. The van der Waals surface area contributed by atoms with E-state index < -0.39 is 11.6 Å². The minimum Gasteiger partial charge on any atom is -0.316 e. The highest BCUT2D eigenvalue weighted by molar-refractivity contribution is 5.21. The maximum Gasteiger partial charge on any atom is 0.159 e. The molecule has 2 nitrogen and oxygen atoms in total. The summed E-state index contributed by atoms with van der Waals surface area (Å²) in [6, 6.07) is 5.09. The first-order valence-corrected chi connectivity index (χ1v) is 8.06. The molecular formula is C17H24F2N2. The van der Waals surface area contributed by atoms with Crippen LogP contribution in [-0.2, 0) is 0 Å². The van der Waals surface area contributed by atoms with Crippen molar-refractivity contribution in [3.8, 4) is 0 Å². The van der Waals surface area contributed by atoms with Gasteiger partial charge < -0.3 is 5.32 Å². The Labute approximate surface area is 125 Å². The Hall–Kier alpha value is -1.00. The molecule has 1 heterocycles. The van der Waals surface area contributed by atoms with E-state index in [1.807, 2.05) is 0 Å². The first kappa shape index (κ1) is 14.9. The maximum atomic E-state index is 13.5. The van der Waals surface area contributed by atoms with Crippen molar-refractivity contribution in [2.24, 2.45) is 5.92 Å². The Bertz CT molecular complexity index is 482. The topological polar surface area (TPSA) is 15.3 Å². The fourth-order valence-electron chi connectivity index (χ4n) is 3.37. The number of halogens is 2. The van der Waals surface area contributed by atoms with Gasteiger partial charge in [-0.15, -0.1) is 0 Å². The standard InChI is InChI=1S/C17H24F2N2/c1-12(14-4-7-16(18)17(19)9-14)21(15-5-6-15)11-13-3-2-8-20-10-13/h4,7,9,12-13,15,20H,2-3,5-6,8,10-11H2,1H3. The lowest BCUT2D eigenvalue weighted by molar-refractivity contribution is 0.153. The molecule has 4 heteroatoms. The maximum absolute atomic E-state index is 13.5. The van der Waals surface area contributed by atoms with Gasteiger partial charge in [0.25, 0.3) is 0 Å². The van der Waals surface area contributed by atoms with Crippen LogP contribution in [0.25, 0.3) is 0 Å². The van der Waals surface area contributed by atoms with Gasteiger partial charge in [-0.25, -0.2) is 8.78 Å². The van der Waals surface area contributed by atoms with Crippen LogP contribution in [0.15, 0.2) is 18.2 Å². The zero-order chi connectivity index (χ0) is 14.8. The highest BCUT2D eigenvalue weighted by Gasteiger charge is 2.34. The zero-order valence-corrected chi connectivity index (χ0v) is 12.6. The molecule has 1 aromatic rings. The second kappa shape index (κ2) is 6.41. The molecule has 0 aromatic heterocycles. The van der Waals surface area contributed by atoms with Crippen LogP contribution in [0.3, 0.4) is 0 Å². The van der Waals surface area contributed by atoms with Crippen LogP contribution in [0.4, 0.5) is 8.78 Å². The number of hydrogen-bond donors (Lipinski definition) is 1. The molecular weight excluding hydrogens is 270 g/mol. The summed E-state index contributed by atoms with van der Waals surface area (Å²) < 4.78 is 26.6. The van der Waals surface area contributed by atoms with Crippen molar-refractivity contribution in [1.29, 1.82) is 0 Å². The quantitative estimate of drug-likeness (QED) is 0.894. The van der Waals surface area contributed by atoms with Crippen LogP contribution in [-0.4, -0.2) is 30.6 Å². The average Bonchev–Trinajstić information content (AvgIpc) is 3.33. The van der Waals surface area contributed by atoms with Crippen LogP contribution in [0.1, 0.15) is 44.2 Å². The molecule has 2 fully saturated rings. The Morgan fingerprint density at radius 3 is 2.67 bits per heavy atom. The molecule has 0 radical (unpaired) electrons. The van der Waals surface area contributed by atoms with Gasteiger partial charge in [0.15, 0.2) is 11.6 Å². The van der Waals surface area contributed by atoms with Gasteiger partial charge in [-0.1, -0.05) is 6.07 Å². The van der Waals surface area contributed by atoms with Gasteiger partial charge in [0.05, 0.1) is 0 Å². The molecule has 1 aromatic carbocycles. The van der Waals surface area contributed by atoms with E-state index in [0.29, 0.717) is 12.0 Å². The summed E-state index contributed by atoms with van der Waals surface area (Å²) in [4.78, 5) is 2.49. The fraction of sp³-hybridized carbons (Fsp3) is 0.647. The molecule has 0 amide bonds. The second-order valence-electron chi connectivity index (χ2n) is 6.49. The van der Waals surface area contributed by atoms with E-state index in [0.717, 1.165) is 25.2 Å². The van der Waals surface area contributed by atoms with Gasteiger partial charge in [-0.3, -0.25) is 4.90 Å². The van der Waals surface area contributed by atoms with Crippen molar-refractivity contribution in [3.05, 3.63) is 35.4 Å². The van der Waals surface area contributed by atoms with Crippen molar-refractivity contribution in [3.63, 3.8) is 0 Å². The molecule has 1 saturated heterocycles. The third-order valence-electron chi connectivity index (χ3n) is 4.81. The number of rotatable bonds is 5. The van der Waals surface area contributed by atoms with E-state index in [1.54, 1.807) is 6.07 Å². The molecule has 116 valence electrons. The van der Waals surface area contributed by atoms with Gasteiger partial charge in [0, 0.05) is 18.6 Å². The summed E-state index contributed by atoms with van der Waals surface area (Å²) in [5.41, 5.74) is 0.879. The lowest BCUT2D eigenvalue weighted by Crippen LogP contribution is -2.40. The lowest BCUT2D eigenvalue weighted by atomic mass is 9.97. The van der Waals surface area contributed by atoms with Gasteiger partial charge in [-0.2, -0.15) is 0 Å². The van der Waals surface area contributed by atoms with Gasteiger partial charge in [0.2, 0.25) is 0 Å². The van der Waals surface area contributed by atoms with E-state index in [1.165, 1.54) is 37.8 Å². The van der Waals surface area contributed by atoms with Crippen LogP contribution in [0.5, 0.6) is 0 Å². The van der Waals surface area contributed by atoms with E-state index in [2.05, 4.69) is 17.1 Å². The van der Waals surface area contributed by atoms with Crippen molar-refractivity contribution in [2.45, 2.75) is 44.7 Å². The third-order valence-corrected chi connectivity index (χ3v) is 4.81. The van der Waals surface area contributed by atoms with Gasteiger partial charge in [-0.05, 0) is 69.3 Å². The number of nitrogens with zero attached hydrogens (tertiary/aromatic N) is 1. The second-order valence-corrected chi connectivity index (χ2v) is 6.49. The number of nitrogens with one attached hydrogen (secondary N) is 1. The first-order chi connectivity index (χ1) is 10.1. The summed E-state index contributed by atoms with van der Waals surface area (Å²) in [6.45, 7) is 5.37. The Balaban J connectivity index is 1.71. The molecule has 0 bridgehead atoms. The molecule has 21 heavy (non-hydrogen) atoms. The minimum atomic E-state index is -0.764. The van der Waals surface area contributed by atoms with Crippen molar-refractivity contribution in [1.82, 2.24) is 10.2 Å². The zero-order valence-electron chi connectivity index (χ0n) is 12.6. The molecule has 1 aliphatic carbocycles. The molecule has 2 unspecified atom stereocenters. The van der Waals surface area contributed by atoms with E-state index >= 15 is 0 Å². The first-order valence-electron chi connectivity index (χ1n) is 8.06. The van der Waals surface area contributed by atoms with E-state index in [4.69, 9.17) is 0 Å². The predicted molar refractivity (Wildman–Crippen MR) is 80.1 cm³/mol. The van der Waals surface area contributed by atoms with Crippen LogP contribution < -0.4 is 5.32 Å². The van der Waals surface area contributed by atoms with Gasteiger partial charge in [0.1, 0.15) is 0 Å². The monoisotopic (exact) mass is 294 g/mol. The Morgan fingerprint density at radius 1 is 1.24 bits per heavy atom. The number of piperidine rings is 1. The molecule has 1 aliphatic heterocycles. The Kier molecular flexibility index (Phi) is 4.55. The number of benzene rings is 1. The molecule has 1 N–H and O–H groups in total. The van der Waals surface area contributed by atoms with Gasteiger partial charge >= 0.3 is 0 Å². The number of hydrogen-bond acceptors (Lipinski definition) is 2. The average molecular weight is 294 g/mol. The smallest absolute Gasteiger partial charge is 0.159 e. The summed E-state index contributed by atoms with van der Waals surface area (Å²) in [7, 11) is 0. The molecule has 3 rings (SSSR count). The van der Waals surface area contributed by atoms with Crippen molar-refractivity contribution >= 4 is 0 Å². The summed E-state index contributed by atoms with van der Waals surface area (Å²) in [6.07, 6.45) is 4.96. The van der Waals surface area contributed by atoms with Crippen molar-refractivity contribution < 1.29 is 8.78 Å². The van der Waals surface area contributed by atoms with Crippen molar-refractivity contribution in [2.75, 3.05) is 19.6 Å². The van der Waals surface area contributed by atoms with E-state index in [9.17, 15) is 8.78 Å². The van der Waals surface area contributed by atoms with Crippen LogP contribution in [0, 0.1) is 17.6 Å². The molecule has 2 atom stereocenters. The third kappa shape index (κ3) is 3.61. The Morgan fingerprint density at radius 2 is 2.05 bits per heavy atom. The lowest BCUT2D eigenvalue weighted by Gasteiger charge is -2.34. The SMILES string of the molecule is CC(c1ccc(F)c(F)c1)N(CC1CCCNC1)C1CC1. The summed E-state index contributed by atoms with van der Waals surface area (Å²) >= 11 is 0. The molecule has 0 spiro atoms. The van der Waals surface area contributed by atoms with E-state index in [-0.39, 0.29) is 6.04 Å². The summed E-state index contributed by atoms with van der Waals surface area (Å²) in [5, 5.41) is 3.46. The highest BCUT2D eigenvalue weighted by atomic mass is 19.2. The van der Waals surface area contributed by atoms with Crippen LogP contribution in [0.2, 0.25) is 0 Å². The highest BCUT2D eigenvalue weighted by Crippen LogP contribution is 2.35. The normalized spacial score (nSPS) is 24.3. The molecule has 2 aliphatic rings. The minimum absolute atomic E-state index is 0.148. The predicted octanol–water partition coefficient (Wildman–Crippen LogP) is 3.49. The fourth-order valence-corrected chi connectivity index (χ4v) is 3.37. The largest absolute Gasteiger partial charge is 0.316 e.